The number of ether oxygens (including phenoxy) is 1. The van der Waals surface area contributed by atoms with Crippen molar-refractivity contribution < 1.29 is 9.53 Å². The number of hydrogen-bond donors (Lipinski definition) is 1. The Morgan fingerprint density at radius 1 is 1.36 bits per heavy atom. The second-order valence-electron chi connectivity index (χ2n) is 8.25. The minimum Gasteiger partial charge on any atom is -0.494 e. The predicted molar refractivity (Wildman–Crippen MR) is 119 cm³/mol. The van der Waals surface area contributed by atoms with E-state index in [9.17, 15) is 4.79 Å². The fraction of sp³-hybridized carbons (Fsp3) is 0.619. The van der Waals surface area contributed by atoms with Crippen LogP contribution in [0.5, 0.6) is 5.75 Å². The number of thioether (sulfide) groups is 1. The lowest BCUT2D eigenvalue weighted by Crippen LogP contribution is -2.39. The largest absolute Gasteiger partial charge is 0.494 e. The molecule has 0 unspecified atom stereocenters. The van der Waals surface area contributed by atoms with E-state index in [1.165, 1.54) is 0 Å². The van der Waals surface area contributed by atoms with Gasteiger partial charge in [-0.15, -0.1) is 11.8 Å². The molecule has 1 saturated heterocycles. The lowest BCUT2D eigenvalue weighted by molar-refractivity contribution is 0.172. The highest BCUT2D eigenvalue weighted by Crippen LogP contribution is 2.29. The van der Waals surface area contributed by atoms with Gasteiger partial charge in [0.1, 0.15) is 11.6 Å². The molecule has 0 spiro atoms. The Bertz CT molecular complexity index is 695. The third kappa shape index (κ3) is 6.89. The van der Waals surface area contributed by atoms with E-state index in [0.29, 0.717) is 18.4 Å². The first-order valence-electron chi connectivity index (χ1n) is 9.80. The molecule has 1 fully saturated rings. The van der Waals surface area contributed by atoms with Gasteiger partial charge in [-0.2, -0.15) is 4.99 Å². The van der Waals surface area contributed by atoms with Gasteiger partial charge in [0.2, 0.25) is 0 Å². The molecule has 1 aliphatic rings. The molecule has 0 bridgehead atoms. The zero-order chi connectivity index (χ0) is 20.7. The summed E-state index contributed by atoms with van der Waals surface area (Å²) in [6.07, 6.45) is 6.12. The van der Waals surface area contributed by atoms with E-state index in [1.54, 1.807) is 16.7 Å². The van der Waals surface area contributed by atoms with Crippen molar-refractivity contribution in [3.05, 3.63) is 23.2 Å². The van der Waals surface area contributed by atoms with Crippen LogP contribution < -0.4 is 10.5 Å². The number of nitrogens with zero attached hydrogens (tertiary/aromatic N) is 2. The average Bonchev–Trinajstić information content (AvgIpc) is 2.65. The molecule has 0 atom stereocenters. The molecule has 0 aromatic heterocycles. The van der Waals surface area contributed by atoms with Crippen LogP contribution in [-0.2, 0) is 0 Å². The molecule has 0 saturated carbocycles. The van der Waals surface area contributed by atoms with E-state index < -0.39 is 0 Å². The Balaban J connectivity index is 1.69. The van der Waals surface area contributed by atoms with Gasteiger partial charge in [0.05, 0.1) is 11.6 Å². The van der Waals surface area contributed by atoms with Gasteiger partial charge in [0.15, 0.2) is 0 Å². The number of likely N-dealkylation sites (tertiary alicyclic amines) is 1. The highest BCUT2D eigenvalue weighted by Gasteiger charge is 2.24. The van der Waals surface area contributed by atoms with Crippen LogP contribution in [0.4, 0.5) is 4.79 Å². The number of carbonyl (C=O) groups is 1. The average molecular weight is 426 g/mol. The summed E-state index contributed by atoms with van der Waals surface area (Å²) in [5, 5.41) is 0.733. The number of nitrogens with two attached hydrogens (primary N) is 1. The van der Waals surface area contributed by atoms with Crippen LogP contribution in [0, 0.1) is 11.3 Å². The van der Waals surface area contributed by atoms with Crippen LogP contribution >= 0.6 is 23.4 Å². The van der Waals surface area contributed by atoms with Gasteiger partial charge in [-0.05, 0) is 56.1 Å². The number of amidine groups is 1. The van der Waals surface area contributed by atoms with E-state index >= 15 is 0 Å². The molecule has 1 aromatic carbocycles. The third-order valence-corrected chi connectivity index (χ3v) is 6.24. The van der Waals surface area contributed by atoms with E-state index in [0.717, 1.165) is 54.4 Å². The standard InChI is InChI=1S/C21H32ClN3O2S/c1-21(2,3)19(23)24-20(26)25-11-9-15(10-12-25)6-5-13-27-16-7-8-18(28-4)17(22)14-16/h7-8,14-15H,5-6,9-13H2,1-4H3,(H2,23,24,26). The zero-order valence-electron chi connectivity index (χ0n) is 17.3. The molecule has 1 aliphatic heterocycles. The number of carbonyl (C=O) groups excluding carboxylic acids is 1. The molecule has 156 valence electrons. The van der Waals surface area contributed by atoms with Crippen LogP contribution in [0.25, 0.3) is 0 Å². The quantitative estimate of drug-likeness (QED) is 0.284. The minimum atomic E-state index is -0.284. The summed E-state index contributed by atoms with van der Waals surface area (Å²) >= 11 is 7.84. The fourth-order valence-corrected chi connectivity index (χ4v) is 3.91. The molecule has 28 heavy (non-hydrogen) atoms. The number of amides is 2. The number of benzene rings is 1. The van der Waals surface area contributed by atoms with Crippen molar-refractivity contribution in [1.82, 2.24) is 4.90 Å². The number of halogens is 1. The maximum Gasteiger partial charge on any atom is 0.345 e. The predicted octanol–water partition coefficient (Wildman–Crippen LogP) is 5.46. The molecular weight excluding hydrogens is 394 g/mol. The SMILES string of the molecule is CSc1ccc(OCCCC2CCN(C(=O)/N=C(\N)C(C)(C)C)CC2)cc1Cl. The second kappa shape index (κ2) is 10.4. The number of aliphatic imine (C=N–C) groups is 1. The molecular formula is C21H32ClN3O2S. The van der Waals surface area contributed by atoms with Gasteiger partial charge in [-0.1, -0.05) is 32.4 Å². The Hall–Kier alpha value is -1.40. The topological polar surface area (TPSA) is 67.9 Å². The van der Waals surface area contributed by atoms with Crippen molar-refractivity contribution in [2.75, 3.05) is 26.0 Å². The summed E-state index contributed by atoms with van der Waals surface area (Å²) in [5.74, 6) is 1.83. The maximum atomic E-state index is 12.3. The van der Waals surface area contributed by atoms with Crippen molar-refractivity contribution in [2.45, 2.75) is 51.3 Å². The van der Waals surface area contributed by atoms with Gasteiger partial charge in [-0.25, -0.2) is 4.79 Å². The summed E-state index contributed by atoms with van der Waals surface area (Å²) < 4.78 is 5.82. The van der Waals surface area contributed by atoms with Gasteiger partial charge in [-0.3, -0.25) is 0 Å². The summed E-state index contributed by atoms with van der Waals surface area (Å²) in [7, 11) is 0. The monoisotopic (exact) mass is 425 g/mol. The Morgan fingerprint density at radius 2 is 2.04 bits per heavy atom. The normalized spacial score (nSPS) is 16.3. The van der Waals surface area contributed by atoms with Gasteiger partial charge >= 0.3 is 6.03 Å². The Morgan fingerprint density at radius 3 is 2.61 bits per heavy atom. The summed E-state index contributed by atoms with van der Waals surface area (Å²) in [6.45, 7) is 8.05. The Labute approximate surface area is 178 Å². The smallest absolute Gasteiger partial charge is 0.345 e. The van der Waals surface area contributed by atoms with Crippen molar-refractivity contribution in [3.63, 3.8) is 0 Å². The lowest BCUT2D eigenvalue weighted by atomic mass is 9.92. The van der Waals surface area contributed by atoms with Gasteiger partial charge in [0, 0.05) is 23.4 Å². The van der Waals surface area contributed by atoms with E-state index in [1.807, 2.05) is 45.2 Å². The highest BCUT2D eigenvalue weighted by atomic mass is 35.5. The first kappa shape index (κ1) is 22.9. The molecule has 2 amide bonds. The van der Waals surface area contributed by atoms with Gasteiger partial charge in [0.25, 0.3) is 0 Å². The van der Waals surface area contributed by atoms with Gasteiger partial charge < -0.3 is 15.4 Å². The van der Waals surface area contributed by atoms with Crippen molar-refractivity contribution >= 4 is 35.2 Å². The fourth-order valence-electron chi connectivity index (χ4n) is 3.05. The van der Waals surface area contributed by atoms with Crippen molar-refractivity contribution in [2.24, 2.45) is 22.1 Å². The highest BCUT2D eigenvalue weighted by molar-refractivity contribution is 7.98. The van der Waals surface area contributed by atoms with Crippen LogP contribution in [0.2, 0.25) is 5.02 Å². The maximum absolute atomic E-state index is 12.3. The summed E-state index contributed by atoms with van der Waals surface area (Å²) in [5.41, 5.74) is 5.64. The molecule has 5 nitrogen and oxygen atoms in total. The number of piperidine rings is 1. The molecule has 2 N–H and O–H groups in total. The van der Waals surface area contributed by atoms with E-state index in [4.69, 9.17) is 22.1 Å². The number of urea groups is 1. The molecule has 7 heteroatoms. The molecule has 2 rings (SSSR count). The molecule has 0 aliphatic carbocycles. The van der Waals surface area contributed by atoms with Crippen molar-refractivity contribution in [3.8, 4) is 5.75 Å². The van der Waals surface area contributed by atoms with Crippen LogP contribution in [0.1, 0.15) is 46.5 Å². The van der Waals surface area contributed by atoms with E-state index in [2.05, 4.69) is 4.99 Å². The third-order valence-electron chi connectivity index (χ3n) is 5.02. The minimum absolute atomic E-state index is 0.209. The van der Waals surface area contributed by atoms with Crippen LogP contribution in [0.15, 0.2) is 28.1 Å². The first-order valence-corrected chi connectivity index (χ1v) is 11.4. The van der Waals surface area contributed by atoms with Crippen LogP contribution in [0.3, 0.4) is 0 Å². The van der Waals surface area contributed by atoms with E-state index in [-0.39, 0.29) is 11.4 Å². The second-order valence-corrected chi connectivity index (χ2v) is 9.50. The summed E-state index contributed by atoms with van der Waals surface area (Å²) in [4.78, 5) is 19.2. The van der Waals surface area contributed by atoms with Crippen molar-refractivity contribution in [1.29, 1.82) is 0 Å². The summed E-state index contributed by atoms with van der Waals surface area (Å²) in [6, 6.07) is 5.62. The zero-order valence-corrected chi connectivity index (χ0v) is 18.9. The number of rotatable bonds is 6. The lowest BCUT2D eigenvalue weighted by Gasteiger charge is -2.31. The molecule has 0 radical (unpaired) electrons. The van der Waals surface area contributed by atoms with Crippen LogP contribution in [-0.4, -0.2) is 42.7 Å². The number of hydrogen-bond acceptors (Lipinski definition) is 3. The Kier molecular flexibility index (Phi) is 8.50. The first-order chi connectivity index (χ1) is 13.2. The molecule has 1 heterocycles. The molecule has 1 aromatic rings.